The molecule has 0 bridgehead atoms. The number of carbonyl (C=O) groups is 3. The Hall–Kier alpha value is -1.97. The van der Waals surface area contributed by atoms with Crippen LogP contribution in [0.5, 0.6) is 0 Å². The predicted octanol–water partition coefficient (Wildman–Crippen LogP) is 1.80. The molecule has 2 atom stereocenters. The number of nitrogens with one attached hydrogen (secondary N) is 1. The molecule has 146 valence electrons. The number of esters is 1. The molecule has 1 rings (SSSR count). The summed E-state index contributed by atoms with van der Waals surface area (Å²) in [4.78, 5) is 35.2. The molecule has 0 saturated heterocycles. The van der Waals surface area contributed by atoms with Gasteiger partial charge in [0, 0.05) is 11.4 Å². The van der Waals surface area contributed by atoms with E-state index in [1.807, 2.05) is 0 Å². The number of aliphatic hydroxyl groups is 2. The highest BCUT2D eigenvalue weighted by Gasteiger charge is 2.25. The van der Waals surface area contributed by atoms with E-state index in [9.17, 15) is 24.6 Å². The van der Waals surface area contributed by atoms with Crippen LogP contribution in [0.2, 0.25) is 0 Å². The van der Waals surface area contributed by atoms with Crippen molar-refractivity contribution in [1.29, 1.82) is 0 Å². The Kier molecular flexibility index (Phi) is 8.19. The molecule has 1 amide bonds. The van der Waals surface area contributed by atoms with E-state index < -0.39 is 35.7 Å². The minimum Gasteiger partial charge on any atom is -0.460 e. The van der Waals surface area contributed by atoms with Gasteiger partial charge in [-0.15, -0.1) is 11.3 Å². The average Bonchev–Trinajstić information content (AvgIpc) is 3.01. The van der Waals surface area contributed by atoms with Crippen LogP contribution in [-0.2, 0) is 14.3 Å². The number of thiophene rings is 1. The molecule has 1 heterocycles. The van der Waals surface area contributed by atoms with Gasteiger partial charge in [-0.05, 0) is 46.2 Å². The van der Waals surface area contributed by atoms with Gasteiger partial charge in [0.2, 0.25) is 0 Å². The number of Topliss-reactive ketones (excluding diaryl/α,β-unsaturated/α-hetero) is 1. The standard InChI is InChI=1S/C17H25NO7S/c1-5-24-15(22)14(21)12-7-6-11(26-12)13(20)10(19)8-9-18-16(23)25-17(2,3)4/h6-7,10,13,19-20H,5,8-9H2,1-4H3,(H,18,23). The minimum atomic E-state index is -1.25. The molecule has 0 saturated carbocycles. The largest absolute Gasteiger partial charge is 0.460 e. The Morgan fingerprint density at radius 2 is 1.88 bits per heavy atom. The molecule has 9 heteroatoms. The van der Waals surface area contributed by atoms with Gasteiger partial charge in [-0.3, -0.25) is 4.79 Å². The van der Waals surface area contributed by atoms with E-state index in [0.29, 0.717) is 4.88 Å². The molecule has 26 heavy (non-hydrogen) atoms. The summed E-state index contributed by atoms with van der Waals surface area (Å²) < 4.78 is 9.70. The zero-order valence-corrected chi connectivity index (χ0v) is 16.1. The number of ether oxygens (including phenoxy) is 2. The summed E-state index contributed by atoms with van der Waals surface area (Å²) in [5.41, 5.74) is -0.624. The van der Waals surface area contributed by atoms with Crippen LogP contribution in [0.15, 0.2) is 12.1 Å². The monoisotopic (exact) mass is 387 g/mol. The van der Waals surface area contributed by atoms with Crippen LogP contribution in [0, 0.1) is 0 Å². The highest BCUT2D eigenvalue weighted by atomic mass is 32.1. The molecular weight excluding hydrogens is 362 g/mol. The third kappa shape index (κ3) is 7.11. The quantitative estimate of drug-likeness (QED) is 0.353. The number of amides is 1. The van der Waals surface area contributed by atoms with Crippen molar-refractivity contribution in [2.45, 2.75) is 51.9 Å². The maximum absolute atomic E-state index is 11.8. The van der Waals surface area contributed by atoms with Crippen molar-refractivity contribution >= 4 is 29.2 Å². The number of rotatable bonds is 8. The summed E-state index contributed by atoms with van der Waals surface area (Å²) in [6, 6.07) is 2.86. The maximum Gasteiger partial charge on any atom is 0.407 e. The Balaban J connectivity index is 2.53. The van der Waals surface area contributed by atoms with Crippen LogP contribution < -0.4 is 5.32 Å². The molecule has 1 aromatic heterocycles. The van der Waals surface area contributed by atoms with E-state index >= 15 is 0 Å². The van der Waals surface area contributed by atoms with E-state index in [0.717, 1.165) is 11.3 Å². The second kappa shape index (κ2) is 9.65. The van der Waals surface area contributed by atoms with Gasteiger partial charge < -0.3 is 25.0 Å². The van der Waals surface area contributed by atoms with Gasteiger partial charge in [0.1, 0.15) is 11.7 Å². The van der Waals surface area contributed by atoms with E-state index in [2.05, 4.69) is 10.1 Å². The fourth-order valence-electron chi connectivity index (χ4n) is 1.91. The predicted molar refractivity (Wildman–Crippen MR) is 95.1 cm³/mol. The molecule has 1 aromatic rings. The van der Waals surface area contributed by atoms with Crippen LogP contribution in [-0.4, -0.2) is 52.9 Å². The summed E-state index contributed by atoms with van der Waals surface area (Å²) in [5, 5.41) is 22.7. The molecule has 8 nitrogen and oxygen atoms in total. The van der Waals surface area contributed by atoms with Crippen LogP contribution in [0.1, 0.15) is 54.8 Å². The number of carbonyl (C=O) groups excluding carboxylic acids is 3. The Labute approximate surface area is 156 Å². The number of hydrogen-bond acceptors (Lipinski definition) is 8. The maximum atomic E-state index is 11.8. The molecule has 0 fully saturated rings. The second-order valence-corrected chi connectivity index (χ2v) is 7.60. The Bertz CT molecular complexity index is 635. The first-order valence-electron chi connectivity index (χ1n) is 8.19. The average molecular weight is 387 g/mol. The first-order chi connectivity index (χ1) is 12.0. The Morgan fingerprint density at radius 3 is 2.46 bits per heavy atom. The van der Waals surface area contributed by atoms with E-state index in [1.54, 1.807) is 27.7 Å². The smallest absolute Gasteiger partial charge is 0.407 e. The lowest BCUT2D eigenvalue weighted by Gasteiger charge is -2.20. The molecule has 0 aliphatic rings. The zero-order valence-electron chi connectivity index (χ0n) is 15.3. The molecular formula is C17H25NO7S. The fraction of sp³-hybridized carbons (Fsp3) is 0.588. The van der Waals surface area contributed by atoms with Crippen molar-refractivity contribution in [2.75, 3.05) is 13.2 Å². The third-order valence-electron chi connectivity index (χ3n) is 3.08. The van der Waals surface area contributed by atoms with Crippen molar-refractivity contribution in [2.24, 2.45) is 0 Å². The SMILES string of the molecule is CCOC(=O)C(=O)c1ccc(C(O)C(O)CCNC(=O)OC(C)(C)C)s1. The van der Waals surface area contributed by atoms with Gasteiger partial charge >= 0.3 is 12.1 Å². The van der Waals surface area contributed by atoms with Crippen molar-refractivity contribution < 1.29 is 34.1 Å². The molecule has 0 aliphatic carbocycles. The van der Waals surface area contributed by atoms with Gasteiger partial charge in [0.15, 0.2) is 0 Å². The highest BCUT2D eigenvalue weighted by Crippen LogP contribution is 2.27. The minimum absolute atomic E-state index is 0.0828. The van der Waals surface area contributed by atoms with Gasteiger partial charge in [0.05, 0.1) is 17.6 Å². The fourth-order valence-corrected chi connectivity index (χ4v) is 2.89. The van der Waals surface area contributed by atoms with Gasteiger partial charge in [0.25, 0.3) is 5.78 Å². The van der Waals surface area contributed by atoms with E-state index in [4.69, 9.17) is 4.74 Å². The lowest BCUT2D eigenvalue weighted by atomic mass is 10.1. The lowest BCUT2D eigenvalue weighted by molar-refractivity contribution is -0.137. The van der Waals surface area contributed by atoms with Crippen molar-refractivity contribution in [3.05, 3.63) is 21.9 Å². The van der Waals surface area contributed by atoms with Crippen molar-refractivity contribution in [3.63, 3.8) is 0 Å². The molecule has 3 N–H and O–H groups in total. The molecule has 0 spiro atoms. The van der Waals surface area contributed by atoms with Crippen LogP contribution in [0.3, 0.4) is 0 Å². The molecule has 2 unspecified atom stereocenters. The van der Waals surface area contributed by atoms with Crippen LogP contribution in [0.25, 0.3) is 0 Å². The number of alkyl carbamates (subject to hydrolysis) is 1. The summed E-state index contributed by atoms with van der Waals surface area (Å²) >= 11 is 0.907. The lowest BCUT2D eigenvalue weighted by Crippen LogP contribution is -2.34. The highest BCUT2D eigenvalue weighted by molar-refractivity contribution is 7.14. The number of aliphatic hydroxyl groups excluding tert-OH is 2. The third-order valence-corrected chi connectivity index (χ3v) is 4.23. The molecule has 0 aliphatic heterocycles. The number of ketones is 1. The first kappa shape index (κ1) is 22.1. The first-order valence-corrected chi connectivity index (χ1v) is 9.01. The van der Waals surface area contributed by atoms with Gasteiger partial charge in [-0.2, -0.15) is 0 Å². The van der Waals surface area contributed by atoms with Crippen LogP contribution in [0.4, 0.5) is 4.79 Å². The van der Waals surface area contributed by atoms with Gasteiger partial charge in [-0.1, -0.05) is 0 Å². The second-order valence-electron chi connectivity index (χ2n) is 6.48. The normalized spacial score (nSPS) is 13.6. The topological polar surface area (TPSA) is 122 Å². The van der Waals surface area contributed by atoms with E-state index in [-0.39, 0.29) is 24.4 Å². The van der Waals surface area contributed by atoms with Crippen molar-refractivity contribution in [3.8, 4) is 0 Å². The zero-order chi connectivity index (χ0) is 19.9. The number of hydrogen-bond donors (Lipinski definition) is 3. The molecule has 0 aromatic carbocycles. The van der Waals surface area contributed by atoms with Crippen LogP contribution >= 0.6 is 11.3 Å². The summed E-state index contributed by atoms with van der Waals surface area (Å²) in [6.45, 7) is 6.99. The summed E-state index contributed by atoms with van der Waals surface area (Å²) in [7, 11) is 0. The summed E-state index contributed by atoms with van der Waals surface area (Å²) in [6.07, 6.45) is -2.93. The summed E-state index contributed by atoms with van der Waals surface area (Å²) in [5.74, 6) is -1.76. The van der Waals surface area contributed by atoms with Crippen molar-refractivity contribution in [1.82, 2.24) is 5.32 Å². The van der Waals surface area contributed by atoms with Gasteiger partial charge in [-0.25, -0.2) is 9.59 Å². The molecule has 0 radical (unpaired) electrons. The van der Waals surface area contributed by atoms with E-state index in [1.165, 1.54) is 12.1 Å². The Morgan fingerprint density at radius 1 is 1.23 bits per heavy atom.